The van der Waals surface area contributed by atoms with Crippen LogP contribution in [0.2, 0.25) is 0 Å². The number of furan rings is 1. The molecule has 0 saturated carbocycles. The number of sulfonamides is 1. The summed E-state index contributed by atoms with van der Waals surface area (Å²) in [6.45, 7) is 3.37. The van der Waals surface area contributed by atoms with Crippen LogP contribution >= 0.6 is 0 Å². The highest BCUT2D eigenvalue weighted by Gasteiger charge is 2.32. The molecule has 1 fully saturated rings. The van der Waals surface area contributed by atoms with Crippen molar-refractivity contribution in [2.45, 2.75) is 11.4 Å². The second-order valence-corrected chi connectivity index (χ2v) is 8.93. The lowest BCUT2D eigenvalue weighted by Crippen LogP contribution is -3.15. The molecule has 2 aliphatic heterocycles. The van der Waals surface area contributed by atoms with Crippen LogP contribution < -0.4 is 19.7 Å². The first-order valence-corrected chi connectivity index (χ1v) is 11.0. The van der Waals surface area contributed by atoms with Crippen molar-refractivity contribution in [3.8, 4) is 11.5 Å². The van der Waals surface area contributed by atoms with Crippen molar-refractivity contribution >= 4 is 15.9 Å². The van der Waals surface area contributed by atoms with E-state index in [1.165, 1.54) is 10.4 Å². The Morgan fingerprint density at radius 2 is 1.86 bits per heavy atom. The first-order valence-electron chi connectivity index (χ1n) is 9.55. The Kier molecular flexibility index (Phi) is 5.74. The highest BCUT2D eigenvalue weighted by molar-refractivity contribution is 7.89. The molecule has 2 aliphatic rings. The maximum absolute atomic E-state index is 13.0. The fourth-order valence-electron chi connectivity index (χ4n) is 3.44. The number of hydrogen-bond donors (Lipinski definition) is 2. The summed E-state index contributed by atoms with van der Waals surface area (Å²) in [5.74, 6) is 1.63. The summed E-state index contributed by atoms with van der Waals surface area (Å²) in [7, 11) is -3.62. The molecule has 156 valence electrons. The third-order valence-corrected chi connectivity index (χ3v) is 6.93. The van der Waals surface area contributed by atoms with Crippen LogP contribution in [-0.4, -0.2) is 64.6 Å². The number of piperazine rings is 1. The molecule has 3 heterocycles. The minimum absolute atomic E-state index is 0.0838. The number of ether oxygens (including phenoxy) is 2. The molecular formula is C19H24N3O6S+. The first kappa shape index (κ1) is 19.7. The van der Waals surface area contributed by atoms with Crippen molar-refractivity contribution in [3.63, 3.8) is 0 Å². The highest BCUT2D eigenvalue weighted by Crippen LogP contribution is 2.33. The van der Waals surface area contributed by atoms with Gasteiger partial charge in [-0.1, -0.05) is 0 Å². The molecule has 9 nitrogen and oxygen atoms in total. The number of carbonyl (C=O) groups excluding carboxylic acids is 1. The lowest BCUT2D eigenvalue weighted by atomic mass is 10.3. The van der Waals surface area contributed by atoms with Crippen LogP contribution in [0.3, 0.4) is 0 Å². The Balaban J connectivity index is 1.31. The Morgan fingerprint density at radius 1 is 1.10 bits per heavy atom. The van der Waals surface area contributed by atoms with E-state index >= 15 is 0 Å². The molecule has 0 aliphatic carbocycles. The molecule has 0 radical (unpaired) electrons. The molecule has 2 N–H and O–H groups in total. The molecule has 29 heavy (non-hydrogen) atoms. The SMILES string of the molecule is O=C(C[NH+]1CCN(S(=O)(=O)c2ccc3c(c2)OCCO3)CC1)NCc1ccco1. The van der Waals surface area contributed by atoms with Crippen LogP contribution in [0.25, 0.3) is 0 Å². The Bertz CT molecular complexity index is 952. The fraction of sp³-hybridized carbons (Fsp3) is 0.421. The van der Waals surface area contributed by atoms with Gasteiger partial charge in [0.2, 0.25) is 10.0 Å². The average Bonchev–Trinajstić information content (AvgIpc) is 3.26. The van der Waals surface area contributed by atoms with Crippen molar-refractivity contribution in [1.29, 1.82) is 0 Å². The number of benzene rings is 1. The lowest BCUT2D eigenvalue weighted by Gasteiger charge is -2.31. The van der Waals surface area contributed by atoms with E-state index in [0.29, 0.717) is 69.7 Å². The van der Waals surface area contributed by atoms with Gasteiger partial charge in [0.1, 0.15) is 19.0 Å². The summed E-state index contributed by atoms with van der Waals surface area (Å²) in [4.78, 5) is 13.4. The van der Waals surface area contributed by atoms with Gasteiger partial charge in [-0.3, -0.25) is 4.79 Å². The van der Waals surface area contributed by atoms with E-state index in [4.69, 9.17) is 13.9 Å². The van der Waals surface area contributed by atoms with Crippen LogP contribution in [-0.2, 0) is 21.4 Å². The zero-order valence-corrected chi connectivity index (χ0v) is 16.7. The van der Waals surface area contributed by atoms with Gasteiger partial charge in [-0.15, -0.1) is 0 Å². The van der Waals surface area contributed by atoms with Crippen LogP contribution in [0.15, 0.2) is 45.9 Å². The smallest absolute Gasteiger partial charge is 0.275 e. The Hall–Kier alpha value is -2.56. The van der Waals surface area contributed by atoms with E-state index in [1.807, 2.05) is 0 Å². The number of fused-ring (bicyclic) bond motifs is 1. The second kappa shape index (κ2) is 8.44. The summed E-state index contributed by atoms with van der Waals surface area (Å²) in [5.41, 5.74) is 0. The third-order valence-electron chi connectivity index (χ3n) is 5.03. The number of nitrogens with zero attached hydrogens (tertiary/aromatic N) is 1. The quantitative estimate of drug-likeness (QED) is 0.636. The molecule has 1 amide bonds. The predicted octanol–water partition coefficient (Wildman–Crippen LogP) is -0.744. The maximum atomic E-state index is 13.0. The zero-order valence-electron chi connectivity index (χ0n) is 15.9. The molecule has 1 saturated heterocycles. The van der Waals surface area contributed by atoms with Crippen molar-refractivity contribution in [2.75, 3.05) is 45.9 Å². The zero-order chi connectivity index (χ0) is 20.3. The van der Waals surface area contributed by atoms with Gasteiger partial charge in [-0.25, -0.2) is 8.42 Å². The monoisotopic (exact) mass is 422 g/mol. The molecule has 0 unspecified atom stereocenters. The summed E-state index contributed by atoms with van der Waals surface area (Å²) in [6, 6.07) is 8.27. The summed E-state index contributed by atoms with van der Waals surface area (Å²) in [5, 5.41) is 2.82. The first-order chi connectivity index (χ1) is 14.0. The van der Waals surface area contributed by atoms with E-state index in [2.05, 4.69) is 5.32 Å². The van der Waals surface area contributed by atoms with Gasteiger partial charge in [-0.2, -0.15) is 4.31 Å². The number of nitrogens with one attached hydrogen (secondary N) is 2. The molecule has 0 atom stereocenters. The molecule has 4 rings (SSSR count). The van der Waals surface area contributed by atoms with Crippen LogP contribution in [0, 0.1) is 0 Å². The summed E-state index contributed by atoms with van der Waals surface area (Å²) < 4.78 is 43.5. The third kappa shape index (κ3) is 4.55. The van der Waals surface area contributed by atoms with Gasteiger partial charge >= 0.3 is 0 Å². The minimum atomic E-state index is -3.62. The van der Waals surface area contributed by atoms with Crippen LogP contribution in [0.4, 0.5) is 0 Å². The summed E-state index contributed by atoms with van der Waals surface area (Å²) in [6.07, 6.45) is 1.56. The number of hydrogen-bond acceptors (Lipinski definition) is 6. The molecule has 0 bridgehead atoms. The maximum Gasteiger partial charge on any atom is 0.275 e. The van der Waals surface area contributed by atoms with E-state index in [-0.39, 0.29) is 10.8 Å². The molecule has 2 aromatic rings. The normalized spacial score (nSPS) is 17.8. The van der Waals surface area contributed by atoms with Crippen molar-refractivity contribution < 1.29 is 32.0 Å². The van der Waals surface area contributed by atoms with Gasteiger partial charge in [-0.05, 0) is 24.3 Å². The molecule has 10 heteroatoms. The fourth-order valence-corrected chi connectivity index (χ4v) is 4.90. The van der Waals surface area contributed by atoms with E-state index in [0.717, 1.165) is 4.90 Å². The topological polar surface area (TPSA) is 103 Å². The van der Waals surface area contributed by atoms with Crippen molar-refractivity contribution in [2.24, 2.45) is 0 Å². The summed E-state index contributed by atoms with van der Waals surface area (Å²) >= 11 is 0. The second-order valence-electron chi connectivity index (χ2n) is 6.99. The average molecular weight is 422 g/mol. The highest BCUT2D eigenvalue weighted by atomic mass is 32.2. The van der Waals surface area contributed by atoms with Gasteiger partial charge in [0.15, 0.2) is 18.0 Å². The molecular weight excluding hydrogens is 398 g/mol. The van der Waals surface area contributed by atoms with Gasteiger partial charge in [0, 0.05) is 6.07 Å². The number of carbonyl (C=O) groups is 1. The van der Waals surface area contributed by atoms with E-state index < -0.39 is 10.0 Å². The molecule has 1 aromatic carbocycles. The van der Waals surface area contributed by atoms with E-state index in [9.17, 15) is 13.2 Å². The van der Waals surface area contributed by atoms with Gasteiger partial charge in [0.05, 0.1) is 43.9 Å². The van der Waals surface area contributed by atoms with Gasteiger partial charge in [0.25, 0.3) is 5.91 Å². The lowest BCUT2D eigenvalue weighted by molar-refractivity contribution is -0.895. The Labute approximate surface area is 169 Å². The number of amides is 1. The minimum Gasteiger partial charge on any atom is -0.486 e. The van der Waals surface area contributed by atoms with Crippen molar-refractivity contribution in [3.05, 3.63) is 42.4 Å². The number of rotatable bonds is 6. The van der Waals surface area contributed by atoms with Gasteiger partial charge < -0.3 is 24.1 Å². The van der Waals surface area contributed by atoms with Crippen LogP contribution in [0.5, 0.6) is 11.5 Å². The Morgan fingerprint density at radius 3 is 2.59 bits per heavy atom. The largest absolute Gasteiger partial charge is 0.486 e. The van der Waals surface area contributed by atoms with Crippen molar-refractivity contribution in [1.82, 2.24) is 9.62 Å². The molecule has 1 aromatic heterocycles. The number of quaternary nitrogens is 1. The predicted molar refractivity (Wildman–Crippen MR) is 102 cm³/mol. The van der Waals surface area contributed by atoms with E-state index in [1.54, 1.807) is 30.5 Å². The molecule has 0 spiro atoms. The van der Waals surface area contributed by atoms with Crippen LogP contribution in [0.1, 0.15) is 5.76 Å². The standard InChI is InChI=1S/C19H23N3O6S/c23-19(20-13-15-2-1-9-26-15)14-21-5-7-22(8-6-21)29(24,25)16-3-4-17-18(12-16)28-11-10-27-17/h1-4,9,12H,5-8,10-11,13-14H2,(H,20,23)/p+1.